The average Bonchev–Trinajstić information content (AvgIpc) is 2.85. The number of nitrogens with zero attached hydrogens (tertiary/aromatic N) is 2. The first kappa shape index (κ1) is 27.0. The van der Waals surface area contributed by atoms with E-state index in [9.17, 15) is 13.8 Å². The molecule has 0 bridgehead atoms. The summed E-state index contributed by atoms with van der Waals surface area (Å²) in [4.78, 5) is 30.1. The SMILES string of the molecule is CC1[C@@H](C)N(c2cccc(Cl)c2)CCN1C(=O)c1ccc(S(=O)CC(=O)OC2CCCCC2)c(Cl)c1. The third kappa shape index (κ3) is 6.24. The highest BCUT2D eigenvalue weighted by Gasteiger charge is 2.34. The molecule has 1 aliphatic heterocycles. The highest BCUT2D eigenvalue weighted by atomic mass is 35.5. The van der Waals surface area contributed by atoms with Gasteiger partial charge in [-0.15, -0.1) is 0 Å². The van der Waals surface area contributed by atoms with Gasteiger partial charge in [-0.25, -0.2) is 0 Å². The lowest BCUT2D eigenvalue weighted by Gasteiger charge is -2.46. The molecule has 1 aliphatic carbocycles. The Hall–Kier alpha value is -2.09. The van der Waals surface area contributed by atoms with Gasteiger partial charge in [-0.1, -0.05) is 35.7 Å². The maximum absolute atomic E-state index is 13.4. The summed E-state index contributed by atoms with van der Waals surface area (Å²) < 4.78 is 18.3. The third-order valence-corrected chi connectivity index (χ3v) is 9.19. The molecule has 9 heteroatoms. The van der Waals surface area contributed by atoms with Crippen LogP contribution in [0.3, 0.4) is 0 Å². The summed E-state index contributed by atoms with van der Waals surface area (Å²) >= 11 is 12.6. The van der Waals surface area contributed by atoms with Crippen molar-refractivity contribution in [3.05, 3.63) is 58.1 Å². The molecule has 4 rings (SSSR count). The summed E-state index contributed by atoms with van der Waals surface area (Å²) in [5.41, 5.74) is 1.46. The van der Waals surface area contributed by atoms with E-state index in [0.29, 0.717) is 28.6 Å². The molecule has 2 fully saturated rings. The molecule has 0 spiro atoms. The summed E-state index contributed by atoms with van der Waals surface area (Å²) in [5.74, 6) is -0.850. The molecular formula is C27H32Cl2N2O4S. The van der Waals surface area contributed by atoms with Crippen LogP contribution in [-0.2, 0) is 20.3 Å². The number of esters is 1. The number of carbonyl (C=O) groups excluding carboxylic acids is 2. The van der Waals surface area contributed by atoms with Gasteiger partial charge in [-0.3, -0.25) is 13.8 Å². The molecule has 0 aromatic heterocycles. The summed E-state index contributed by atoms with van der Waals surface area (Å²) in [6.07, 6.45) is 4.91. The van der Waals surface area contributed by atoms with Gasteiger partial charge in [0.05, 0.1) is 20.7 Å². The molecular weight excluding hydrogens is 519 g/mol. The molecule has 1 saturated carbocycles. The molecule has 0 radical (unpaired) electrons. The van der Waals surface area contributed by atoms with E-state index < -0.39 is 16.8 Å². The number of halogens is 2. The van der Waals surface area contributed by atoms with Gasteiger partial charge in [0.25, 0.3) is 5.91 Å². The van der Waals surface area contributed by atoms with Gasteiger partial charge in [0.2, 0.25) is 0 Å². The zero-order valence-electron chi connectivity index (χ0n) is 20.6. The first-order chi connectivity index (χ1) is 17.2. The maximum Gasteiger partial charge on any atom is 0.319 e. The van der Waals surface area contributed by atoms with Crippen LogP contribution in [0.15, 0.2) is 47.4 Å². The molecule has 1 saturated heterocycles. The van der Waals surface area contributed by atoms with Crippen LogP contribution in [0.25, 0.3) is 0 Å². The molecule has 3 atom stereocenters. The number of ether oxygens (including phenoxy) is 1. The fourth-order valence-corrected chi connectivity index (χ4v) is 6.58. The van der Waals surface area contributed by atoms with E-state index >= 15 is 0 Å². The minimum atomic E-state index is -1.65. The van der Waals surface area contributed by atoms with Gasteiger partial charge in [-0.05, 0) is 75.9 Å². The van der Waals surface area contributed by atoms with Gasteiger partial charge in [-0.2, -0.15) is 0 Å². The van der Waals surface area contributed by atoms with Gasteiger partial charge < -0.3 is 14.5 Å². The summed E-state index contributed by atoms with van der Waals surface area (Å²) in [6, 6.07) is 12.5. The first-order valence-corrected chi connectivity index (χ1v) is 14.5. The number of amides is 1. The van der Waals surface area contributed by atoms with E-state index in [0.717, 1.165) is 37.8 Å². The van der Waals surface area contributed by atoms with E-state index in [2.05, 4.69) is 11.8 Å². The normalized spacial score (nSPS) is 21.8. The standard InChI is InChI=1S/C27H32Cl2N2O4S/c1-18-19(2)31(14-13-30(18)22-8-6-7-21(28)16-22)27(33)20-11-12-25(24(29)15-20)36(34)17-26(32)35-23-9-4-3-5-10-23/h6-8,11-12,15-16,18-19,23H,3-5,9-10,13-14,17H2,1-2H3/t18-,19?,36?/m1/s1. The van der Waals surface area contributed by atoms with Gasteiger partial charge >= 0.3 is 5.97 Å². The van der Waals surface area contributed by atoms with Crippen molar-refractivity contribution >= 4 is 51.6 Å². The van der Waals surface area contributed by atoms with E-state index in [4.69, 9.17) is 27.9 Å². The Morgan fingerprint density at radius 1 is 1.00 bits per heavy atom. The van der Waals surface area contributed by atoms with E-state index in [1.807, 2.05) is 36.1 Å². The van der Waals surface area contributed by atoms with E-state index in [1.165, 1.54) is 0 Å². The van der Waals surface area contributed by atoms with E-state index in [1.54, 1.807) is 18.2 Å². The molecule has 0 N–H and O–H groups in total. The Kier molecular flexibility index (Phi) is 8.96. The lowest BCUT2D eigenvalue weighted by atomic mass is 9.98. The molecule has 2 aliphatic rings. The quantitative estimate of drug-likeness (QED) is 0.430. The van der Waals surface area contributed by atoms with Crippen LogP contribution in [0.5, 0.6) is 0 Å². The summed E-state index contributed by atoms with van der Waals surface area (Å²) in [6.45, 7) is 5.35. The summed E-state index contributed by atoms with van der Waals surface area (Å²) in [7, 11) is -1.65. The molecule has 6 nitrogen and oxygen atoms in total. The Morgan fingerprint density at radius 3 is 2.44 bits per heavy atom. The number of anilines is 1. The smallest absolute Gasteiger partial charge is 0.319 e. The van der Waals surface area contributed by atoms with Crippen molar-refractivity contribution in [3.8, 4) is 0 Å². The van der Waals surface area contributed by atoms with Crippen molar-refractivity contribution in [2.24, 2.45) is 0 Å². The van der Waals surface area contributed by atoms with Crippen molar-refractivity contribution in [2.75, 3.05) is 23.7 Å². The van der Waals surface area contributed by atoms with Crippen molar-refractivity contribution in [2.45, 2.75) is 69.0 Å². The molecule has 1 amide bonds. The van der Waals surface area contributed by atoms with Crippen molar-refractivity contribution in [1.29, 1.82) is 0 Å². The topological polar surface area (TPSA) is 66.9 Å². The fourth-order valence-electron chi connectivity index (χ4n) is 5.02. The van der Waals surface area contributed by atoms with Gasteiger partial charge in [0.15, 0.2) is 0 Å². The molecule has 2 aromatic carbocycles. The Bertz CT molecular complexity index is 1140. The average molecular weight is 552 g/mol. The predicted molar refractivity (Wildman–Crippen MR) is 144 cm³/mol. The minimum absolute atomic E-state index is 0.0487. The molecule has 1 heterocycles. The van der Waals surface area contributed by atoms with Crippen LogP contribution < -0.4 is 4.90 Å². The third-order valence-electron chi connectivity index (χ3n) is 7.19. The Balaban J connectivity index is 1.39. The number of hydrogen-bond donors (Lipinski definition) is 0. The summed E-state index contributed by atoms with van der Waals surface area (Å²) in [5, 5.41) is 0.892. The zero-order valence-corrected chi connectivity index (χ0v) is 23.0. The lowest BCUT2D eigenvalue weighted by Crippen LogP contribution is -2.59. The largest absolute Gasteiger partial charge is 0.462 e. The molecule has 194 valence electrons. The molecule has 2 unspecified atom stereocenters. The fraction of sp³-hybridized carbons (Fsp3) is 0.481. The van der Waals surface area contributed by atoms with Crippen molar-refractivity contribution in [3.63, 3.8) is 0 Å². The van der Waals surface area contributed by atoms with Crippen molar-refractivity contribution in [1.82, 2.24) is 4.90 Å². The van der Waals surface area contributed by atoms with Gasteiger partial charge in [0.1, 0.15) is 11.9 Å². The van der Waals surface area contributed by atoms with Crippen LogP contribution in [-0.4, -0.2) is 58.0 Å². The lowest BCUT2D eigenvalue weighted by molar-refractivity contribution is -0.147. The molecule has 2 aromatic rings. The van der Waals surface area contributed by atoms with Crippen LogP contribution >= 0.6 is 23.2 Å². The second kappa shape index (κ2) is 12.0. The van der Waals surface area contributed by atoms with Crippen LogP contribution in [0, 0.1) is 0 Å². The molecule has 36 heavy (non-hydrogen) atoms. The van der Waals surface area contributed by atoms with Crippen molar-refractivity contribution < 1.29 is 18.5 Å². The van der Waals surface area contributed by atoms with Crippen LogP contribution in [0.4, 0.5) is 5.69 Å². The number of carbonyl (C=O) groups is 2. The van der Waals surface area contributed by atoms with Crippen LogP contribution in [0.1, 0.15) is 56.3 Å². The Morgan fingerprint density at radius 2 is 1.75 bits per heavy atom. The van der Waals surface area contributed by atoms with Crippen LogP contribution in [0.2, 0.25) is 10.0 Å². The number of rotatable bonds is 6. The monoisotopic (exact) mass is 550 g/mol. The Labute approximate surface area is 225 Å². The number of hydrogen-bond acceptors (Lipinski definition) is 5. The second-order valence-corrected chi connectivity index (χ2v) is 11.8. The first-order valence-electron chi connectivity index (χ1n) is 12.4. The predicted octanol–water partition coefficient (Wildman–Crippen LogP) is 5.72. The minimum Gasteiger partial charge on any atom is -0.462 e. The number of benzene rings is 2. The highest BCUT2D eigenvalue weighted by Crippen LogP contribution is 2.29. The van der Waals surface area contributed by atoms with Gasteiger partial charge in [0, 0.05) is 41.4 Å². The highest BCUT2D eigenvalue weighted by molar-refractivity contribution is 7.85. The second-order valence-electron chi connectivity index (χ2n) is 9.54. The van der Waals surface area contributed by atoms with E-state index in [-0.39, 0.29) is 34.9 Å². The number of piperazine rings is 1. The zero-order chi connectivity index (χ0) is 25.8. The maximum atomic E-state index is 13.4.